The molecule has 0 spiro atoms. The van der Waals surface area contributed by atoms with Crippen molar-refractivity contribution in [3.8, 4) is 0 Å². The van der Waals surface area contributed by atoms with Crippen molar-refractivity contribution in [3.63, 3.8) is 0 Å². The summed E-state index contributed by atoms with van der Waals surface area (Å²) < 4.78 is 0. The molecule has 2 nitrogen and oxygen atoms in total. The van der Waals surface area contributed by atoms with E-state index < -0.39 is 0 Å². The van der Waals surface area contributed by atoms with Crippen LogP contribution in [0.5, 0.6) is 0 Å². The summed E-state index contributed by atoms with van der Waals surface area (Å²) in [5.74, 6) is 0. The molecule has 2 fully saturated rings. The molecule has 58 valence electrons. The summed E-state index contributed by atoms with van der Waals surface area (Å²) in [6.45, 7) is 0. The molecule has 2 saturated carbocycles. The maximum absolute atomic E-state index is 5.70. The van der Waals surface area contributed by atoms with Crippen LogP contribution in [0.1, 0.15) is 25.7 Å². The summed E-state index contributed by atoms with van der Waals surface area (Å²) >= 11 is 0. The molecule has 0 radical (unpaired) electrons. The Bertz CT molecular complexity index is 125. The lowest BCUT2D eigenvalue weighted by molar-refractivity contribution is 0.132. The first-order valence-corrected chi connectivity index (χ1v) is 4.25. The predicted molar refractivity (Wildman–Crippen MR) is 41.8 cm³/mol. The summed E-state index contributed by atoms with van der Waals surface area (Å²) in [4.78, 5) is 2.52. The molecule has 0 amide bonds. The fourth-order valence-corrected chi connectivity index (χ4v) is 1.74. The van der Waals surface area contributed by atoms with E-state index in [0.29, 0.717) is 6.04 Å². The van der Waals surface area contributed by atoms with E-state index in [1.165, 1.54) is 25.7 Å². The van der Waals surface area contributed by atoms with Crippen LogP contribution in [0.25, 0.3) is 0 Å². The van der Waals surface area contributed by atoms with Crippen LogP contribution in [0.4, 0.5) is 0 Å². The Labute approximate surface area is 62.4 Å². The van der Waals surface area contributed by atoms with Gasteiger partial charge in [0.2, 0.25) is 0 Å². The Hall–Kier alpha value is -0.0800. The number of nitrogens with zero attached hydrogens (tertiary/aromatic N) is 1. The first kappa shape index (κ1) is 6.62. The standard InChI is InChI=1S/C8H16N2/c1-10(7-2-3-7)8-4-6(9)5-8/h6-8H,2-5,9H2,1H3. The summed E-state index contributed by atoms with van der Waals surface area (Å²) in [7, 11) is 2.24. The van der Waals surface area contributed by atoms with Gasteiger partial charge in [0.25, 0.3) is 0 Å². The van der Waals surface area contributed by atoms with E-state index in [2.05, 4.69) is 11.9 Å². The van der Waals surface area contributed by atoms with Gasteiger partial charge in [-0.25, -0.2) is 0 Å². The van der Waals surface area contributed by atoms with Crippen LogP contribution in [0.3, 0.4) is 0 Å². The molecule has 0 heterocycles. The van der Waals surface area contributed by atoms with E-state index in [0.717, 1.165) is 12.1 Å². The SMILES string of the molecule is CN(C1CC1)C1CC(N)C1. The fraction of sp³-hybridized carbons (Fsp3) is 1.00. The Morgan fingerprint density at radius 3 is 2.20 bits per heavy atom. The minimum atomic E-state index is 0.506. The average molecular weight is 140 g/mol. The minimum absolute atomic E-state index is 0.506. The smallest absolute Gasteiger partial charge is 0.0125 e. The normalized spacial score (nSPS) is 39.9. The largest absolute Gasteiger partial charge is 0.328 e. The summed E-state index contributed by atoms with van der Waals surface area (Å²) in [5, 5.41) is 0. The van der Waals surface area contributed by atoms with E-state index >= 15 is 0 Å². The van der Waals surface area contributed by atoms with E-state index in [1.54, 1.807) is 0 Å². The quantitative estimate of drug-likeness (QED) is 0.607. The maximum atomic E-state index is 5.70. The highest BCUT2D eigenvalue weighted by atomic mass is 15.2. The Balaban J connectivity index is 1.77. The van der Waals surface area contributed by atoms with Crippen LogP contribution in [-0.2, 0) is 0 Å². The number of rotatable bonds is 2. The van der Waals surface area contributed by atoms with E-state index in [-0.39, 0.29) is 0 Å². The van der Waals surface area contributed by atoms with Gasteiger partial charge in [0.15, 0.2) is 0 Å². The van der Waals surface area contributed by atoms with Crippen molar-refractivity contribution in [1.29, 1.82) is 0 Å². The van der Waals surface area contributed by atoms with Gasteiger partial charge in [-0.05, 0) is 32.7 Å². The summed E-state index contributed by atoms with van der Waals surface area (Å²) in [6.07, 6.45) is 5.30. The second kappa shape index (κ2) is 2.21. The highest BCUT2D eigenvalue weighted by Crippen LogP contribution is 2.33. The van der Waals surface area contributed by atoms with Crippen LogP contribution in [0.2, 0.25) is 0 Å². The molecule has 0 bridgehead atoms. The zero-order valence-corrected chi connectivity index (χ0v) is 6.59. The first-order valence-electron chi connectivity index (χ1n) is 4.25. The monoisotopic (exact) mass is 140 g/mol. The molecule has 2 aliphatic rings. The van der Waals surface area contributed by atoms with Crippen LogP contribution >= 0.6 is 0 Å². The molecule has 0 atom stereocenters. The van der Waals surface area contributed by atoms with Crippen molar-refractivity contribution in [2.45, 2.75) is 43.8 Å². The van der Waals surface area contributed by atoms with Crippen molar-refractivity contribution in [2.24, 2.45) is 5.73 Å². The highest BCUT2D eigenvalue weighted by molar-refractivity contribution is 4.94. The third-order valence-electron chi connectivity index (χ3n) is 2.85. The van der Waals surface area contributed by atoms with Gasteiger partial charge >= 0.3 is 0 Å². The van der Waals surface area contributed by atoms with Crippen LogP contribution in [-0.4, -0.2) is 30.1 Å². The van der Waals surface area contributed by atoms with Gasteiger partial charge in [0.05, 0.1) is 0 Å². The Kier molecular flexibility index (Phi) is 1.46. The third kappa shape index (κ3) is 1.06. The first-order chi connectivity index (χ1) is 4.77. The number of hydrogen-bond acceptors (Lipinski definition) is 2. The van der Waals surface area contributed by atoms with Crippen molar-refractivity contribution in [1.82, 2.24) is 4.90 Å². The lowest BCUT2D eigenvalue weighted by Gasteiger charge is -2.39. The van der Waals surface area contributed by atoms with E-state index in [9.17, 15) is 0 Å². The van der Waals surface area contributed by atoms with Gasteiger partial charge in [0, 0.05) is 18.1 Å². The fourth-order valence-electron chi connectivity index (χ4n) is 1.74. The Morgan fingerprint density at radius 1 is 1.20 bits per heavy atom. The van der Waals surface area contributed by atoms with Crippen LogP contribution in [0.15, 0.2) is 0 Å². The van der Waals surface area contributed by atoms with Gasteiger partial charge in [-0.3, -0.25) is 0 Å². The Morgan fingerprint density at radius 2 is 1.80 bits per heavy atom. The van der Waals surface area contributed by atoms with E-state index in [4.69, 9.17) is 5.73 Å². The summed E-state index contributed by atoms with van der Waals surface area (Å²) in [5.41, 5.74) is 5.70. The molecule has 2 rings (SSSR count). The third-order valence-corrected chi connectivity index (χ3v) is 2.85. The highest BCUT2D eigenvalue weighted by Gasteiger charge is 2.36. The lowest BCUT2D eigenvalue weighted by Crippen LogP contribution is -2.49. The number of hydrogen-bond donors (Lipinski definition) is 1. The average Bonchev–Trinajstić information content (AvgIpc) is 2.60. The second-order valence-electron chi connectivity index (χ2n) is 3.78. The second-order valence-corrected chi connectivity index (χ2v) is 3.78. The van der Waals surface area contributed by atoms with Crippen molar-refractivity contribution < 1.29 is 0 Å². The molecule has 10 heavy (non-hydrogen) atoms. The molecule has 0 aromatic heterocycles. The number of nitrogens with two attached hydrogens (primary N) is 1. The molecule has 2 aliphatic carbocycles. The minimum Gasteiger partial charge on any atom is -0.328 e. The summed E-state index contributed by atoms with van der Waals surface area (Å²) in [6, 6.07) is 2.24. The van der Waals surface area contributed by atoms with Crippen molar-refractivity contribution in [2.75, 3.05) is 7.05 Å². The van der Waals surface area contributed by atoms with Gasteiger partial charge < -0.3 is 10.6 Å². The molecule has 0 aliphatic heterocycles. The van der Waals surface area contributed by atoms with Gasteiger partial charge in [-0.15, -0.1) is 0 Å². The molecule has 2 N–H and O–H groups in total. The molecule has 0 unspecified atom stereocenters. The van der Waals surface area contributed by atoms with Crippen LogP contribution < -0.4 is 5.73 Å². The molecular weight excluding hydrogens is 124 g/mol. The van der Waals surface area contributed by atoms with E-state index in [1.807, 2.05) is 0 Å². The molecular formula is C8H16N2. The maximum Gasteiger partial charge on any atom is 0.0125 e. The lowest BCUT2D eigenvalue weighted by atomic mass is 9.86. The van der Waals surface area contributed by atoms with Gasteiger partial charge in [-0.2, -0.15) is 0 Å². The molecule has 0 aromatic rings. The molecule has 2 heteroatoms. The zero-order chi connectivity index (χ0) is 7.14. The predicted octanol–water partition coefficient (Wildman–Crippen LogP) is 0.570. The zero-order valence-electron chi connectivity index (χ0n) is 6.59. The van der Waals surface area contributed by atoms with Gasteiger partial charge in [-0.1, -0.05) is 0 Å². The molecule has 0 aromatic carbocycles. The van der Waals surface area contributed by atoms with Crippen LogP contribution in [0, 0.1) is 0 Å². The van der Waals surface area contributed by atoms with Gasteiger partial charge in [0.1, 0.15) is 0 Å². The van der Waals surface area contributed by atoms with Crippen molar-refractivity contribution in [3.05, 3.63) is 0 Å². The topological polar surface area (TPSA) is 29.3 Å². The molecule has 0 saturated heterocycles. The van der Waals surface area contributed by atoms with Crippen molar-refractivity contribution >= 4 is 0 Å².